The Morgan fingerprint density at radius 1 is 1.11 bits per heavy atom. The molecule has 1 N–H and O–H groups in total. The van der Waals surface area contributed by atoms with Crippen LogP contribution in [0.15, 0.2) is 42.5 Å². The van der Waals surface area contributed by atoms with Gasteiger partial charge in [-0.25, -0.2) is 0 Å². The lowest BCUT2D eigenvalue weighted by Crippen LogP contribution is -2.30. The molecule has 144 valence electrons. The highest BCUT2D eigenvalue weighted by Gasteiger charge is 2.30. The summed E-state index contributed by atoms with van der Waals surface area (Å²) in [5.41, 5.74) is -0.176. The molecule has 2 aromatic rings. The molecule has 0 saturated heterocycles. The van der Waals surface area contributed by atoms with Crippen LogP contribution in [0.3, 0.4) is 0 Å². The Hall–Kier alpha value is -2.25. The number of amides is 1. The number of benzene rings is 2. The summed E-state index contributed by atoms with van der Waals surface area (Å²) in [5.74, 6) is -1.36. The summed E-state index contributed by atoms with van der Waals surface area (Å²) >= 11 is 11.7. The van der Waals surface area contributed by atoms with Crippen molar-refractivity contribution in [2.45, 2.75) is 25.6 Å². The molecule has 0 aliphatic rings. The summed E-state index contributed by atoms with van der Waals surface area (Å²) in [6.07, 6.45) is -5.84. The molecule has 27 heavy (non-hydrogen) atoms. The highest BCUT2D eigenvalue weighted by Crippen LogP contribution is 2.29. The van der Waals surface area contributed by atoms with Crippen molar-refractivity contribution < 1.29 is 27.5 Å². The molecule has 2 aromatic carbocycles. The largest absolute Gasteiger partial charge is 0.452 e. The van der Waals surface area contributed by atoms with Crippen LogP contribution in [0.5, 0.6) is 0 Å². The smallest absolute Gasteiger partial charge is 0.416 e. The number of halogens is 5. The number of hydrogen-bond donors (Lipinski definition) is 1. The third-order valence-electron chi connectivity index (χ3n) is 3.50. The lowest BCUT2D eigenvalue weighted by molar-refractivity contribution is -0.152. The third kappa shape index (κ3) is 6.15. The van der Waals surface area contributed by atoms with Crippen LogP contribution in [0, 0.1) is 0 Å². The molecule has 0 heterocycles. The van der Waals surface area contributed by atoms with Crippen molar-refractivity contribution in [1.82, 2.24) is 0 Å². The number of nitrogens with one attached hydrogen (secondary N) is 1. The van der Waals surface area contributed by atoms with E-state index in [2.05, 4.69) is 5.32 Å². The number of carbonyl (C=O) groups excluding carboxylic acids is 2. The molecular weight excluding hydrogens is 406 g/mol. The van der Waals surface area contributed by atoms with E-state index < -0.39 is 29.7 Å². The maximum Gasteiger partial charge on any atom is 0.416 e. The summed E-state index contributed by atoms with van der Waals surface area (Å²) in [5, 5.41) is 3.12. The van der Waals surface area contributed by atoms with Crippen molar-refractivity contribution >= 4 is 40.8 Å². The van der Waals surface area contributed by atoms with Gasteiger partial charge in [-0.15, -0.1) is 0 Å². The Morgan fingerprint density at radius 3 is 2.30 bits per heavy atom. The molecule has 0 radical (unpaired) electrons. The van der Waals surface area contributed by atoms with Crippen molar-refractivity contribution in [3.05, 3.63) is 63.6 Å². The first kappa shape index (κ1) is 21.1. The molecule has 1 unspecified atom stereocenters. The number of ether oxygens (including phenoxy) is 1. The molecule has 0 saturated carbocycles. The highest BCUT2D eigenvalue weighted by molar-refractivity contribution is 6.36. The van der Waals surface area contributed by atoms with Crippen molar-refractivity contribution in [1.29, 1.82) is 0 Å². The Balaban J connectivity index is 1.91. The number of alkyl halides is 3. The fraction of sp³-hybridized carbons (Fsp3) is 0.222. The molecule has 0 aromatic heterocycles. The van der Waals surface area contributed by atoms with Crippen molar-refractivity contribution in [2.75, 3.05) is 5.32 Å². The number of rotatable bonds is 5. The standard InChI is InChI=1S/C18H14Cl2F3NO3/c1-10(17(26)24-15-7-6-13(19)9-14(15)20)27-16(25)8-11-2-4-12(5-3-11)18(21,22)23/h2-7,9-10H,8H2,1H3,(H,24,26). The van der Waals surface area contributed by atoms with Gasteiger partial charge < -0.3 is 10.1 Å². The zero-order valence-corrected chi connectivity index (χ0v) is 15.5. The van der Waals surface area contributed by atoms with E-state index >= 15 is 0 Å². The number of hydrogen-bond acceptors (Lipinski definition) is 3. The second-order valence-corrected chi connectivity index (χ2v) is 6.46. The molecular formula is C18H14Cl2F3NO3. The van der Waals surface area contributed by atoms with E-state index in [0.29, 0.717) is 16.3 Å². The van der Waals surface area contributed by atoms with Crippen LogP contribution in [-0.2, 0) is 26.9 Å². The van der Waals surface area contributed by atoms with E-state index in [0.717, 1.165) is 12.1 Å². The average Bonchev–Trinajstić information content (AvgIpc) is 2.56. The van der Waals surface area contributed by atoms with Gasteiger partial charge in [-0.2, -0.15) is 13.2 Å². The molecule has 0 spiro atoms. The maximum atomic E-state index is 12.5. The Morgan fingerprint density at radius 2 is 1.74 bits per heavy atom. The lowest BCUT2D eigenvalue weighted by Gasteiger charge is -2.14. The van der Waals surface area contributed by atoms with Crippen LogP contribution in [0.25, 0.3) is 0 Å². The second kappa shape index (κ2) is 8.63. The fourth-order valence-corrected chi connectivity index (χ4v) is 2.55. The average molecular weight is 420 g/mol. The SMILES string of the molecule is CC(OC(=O)Cc1ccc(C(F)(F)F)cc1)C(=O)Nc1ccc(Cl)cc1Cl. The van der Waals surface area contributed by atoms with E-state index in [1.165, 1.54) is 37.3 Å². The van der Waals surface area contributed by atoms with Crippen LogP contribution in [-0.4, -0.2) is 18.0 Å². The summed E-state index contributed by atoms with van der Waals surface area (Å²) in [6.45, 7) is 1.36. The minimum Gasteiger partial charge on any atom is -0.452 e. The normalized spacial score (nSPS) is 12.4. The maximum absolute atomic E-state index is 12.5. The van der Waals surface area contributed by atoms with Gasteiger partial charge in [-0.3, -0.25) is 9.59 Å². The first-order valence-electron chi connectivity index (χ1n) is 7.68. The van der Waals surface area contributed by atoms with Crippen molar-refractivity contribution in [3.63, 3.8) is 0 Å². The number of esters is 1. The summed E-state index contributed by atoms with van der Waals surface area (Å²) in [7, 11) is 0. The van der Waals surface area contributed by atoms with E-state index in [1.807, 2.05) is 0 Å². The van der Waals surface area contributed by atoms with E-state index in [4.69, 9.17) is 27.9 Å². The molecule has 0 bridgehead atoms. The zero-order chi connectivity index (χ0) is 20.2. The molecule has 0 aliphatic carbocycles. The molecule has 0 aliphatic heterocycles. The van der Waals surface area contributed by atoms with E-state index in [-0.39, 0.29) is 11.4 Å². The van der Waals surface area contributed by atoms with Gasteiger partial charge in [0.2, 0.25) is 0 Å². The second-order valence-electron chi connectivity index (χ2n) is 5.62. The van der Waals surface area contributed by atoms with Crippen molar-refractivity contribution in [3.8, 4) is 0 Å². The minimum absolute atomic E-state index is 0.221. The quantitative estimate of drug-likeness (QED) is 0.683. The van der Waals surface area contributed by atoms with Gasteiger partial charge in [0, 0.05) is 5.02 Å². The van der Waals surface area contributed by atoms with Gasteiger partial charge >= 0.3 is 12.1 Å². The predicted molar refractivity (Wildman–Crippen MR) is 95.8 cm³/mol. The number of anilines is 1. The molecule has 0 fully saturated rings. The van der Waals surface area contributed by atoms with Gasteiger partial charge in [-0.05, 0) is 42.8 Å². The van der Waals surface area contributed by atoms with Gasteiger partial charge in [0.15, 0.2) is 6.10 Å². The monoisotopic (exact) mass is 419 g/mol. The van der Waals surface area contributed by atoms with Crippen LogP contribution < -0.4 is 5.32 Å². The van der Waals surface area contributed by atoms with Crippen LogP contribution in [0.2, 0.25) is 10.0 Å². The Kier molecular flexibility index (Phi) is 6.73. The molecule has 1 atom stereocenters. The molecule has 1 amide bonds. The van der Waals surface area contributed by atoms with Crippen LogP contribution in [0.4, 0.5) is 18.9 Å². The molecule has 4 nitrogen and oxygen atoms in total. The Bertz CT molecular complexity index is 839. The van der Waals surface area contributed by atoms with Crippen LogP contribution in [0.1, 0.15) is 18.1 Å². The van der Waals surface area contributed by atoms with E-state index in [1.54, 1.807) is 0 Å². The topological polar surface area (TPSA) is 55.4 Å². The van der Waals surface area contributed by atoms with Gasteiger partial charge in [0.05, 0.1) is 22.7 Å². The van der Waals surface area contributed by atoms with Gasteiger partial charge in [0.1, 0.15) is 0 Å². The summed E-state index contributed by atoms with van der Waals surface area (Å²) in [6, 6.07) is 8.59. The summed E-state index contributed by atoms with van der Waals surface area (Å²) < 4.78 is 42.6. The minimum atomic E-state index is -4.45. The predicted octanol–water partition coefficient (Wildman–Crippen LogP) is 5.13. The zero-order valence-electron chi connectivity index (χ0n) is 13.9. The molecule has 9 heteroatoms. The Labute approximate surface area is 163 Å². The van der Waals surface area contributed by atoms with Crippen LogP contribution >= 0.6 is 23.2 Å². The lowest BCUT2D eigenvalue weighted by atomic mass is 10.1. The number of carbonyl (C=O) groups is 2. The fourth-order valence-electron chi connectivity index (χ4n) is 2.10. The third-order valence-corrected chi connectivity index (χ3v) is 4.04. The molecule has 2 rings (SSSR count). The van der Waals surface area contributed by atoms with Gasteiger partial charge in [-0.1, -0.05) is 35.3 Å². The first-order valence-corrected chi connectivity index (χ1v) is 8.43. The summed E-state index contributed by atoms with van der Waals surface area (Å²) in [4.78, 5) is 24.0. The van der Waals surface area contributed by atoms with Crippen molar-refractivity contribution in [2.24, 2.45) is 0 Å². The first-order chi connectivity index (χ1) is 12.6. The van der Waals surface area contributed by atoms with E-state index in [9.17, 15) is 22.8 Å². The highest BCUT2D eigenvalue weighted by atomic mass is 35.5. The van der Waals surface area contributed by atoms with Gasteiger partial charge in [0.25, 0.3) is 5.91 Å².